The van der Waals surface area contributed by atoms with E-state index < -0.39 is 15.8 Å². The van der Waals surface area contributed by atoms with Gasteiger partial charge in [-0.1, -0.05) is 25.7 Å². The smallest absolute Gasteiger partial charge is 0.241 e. The summed E-state index contributed by atoms with van der Waals surface area (Å²) in [6.45, 7) is 4.59. The Morgan fingerprint density at radius 3 is 2.71 bits per heavy atom. The monoisotopic (exact) mass is 312 g/mol. The zero-order chi connectivity index (χ0) is 15.9. The van der Waals surface area contributed by atoms with Crippen LogP contribution >= 0.6 is 0 Å². The van der Waals surface area contributed by atoms with Gasteiger partial charge in [0.1, 0.15) is 5.82 Å². The first-order valence-corrected chi connectivity index (χ1v) is 8.33. The number of hydrogen-bond acceptors (Lipinski definition) is 3. The van der Waals surface area contributed by atoms with Gasteiger partial charge in [-0.25, -0.2) is 17.5 Å². The molecule has 0 spiro atoms. The Morgan fingerprint density at radius 1 is 1.38 bits per heavy atom. The summed E-state index contributed by atoms with van der Waals surface area (Å²) in [4.78, 5) is -0.0191. The molecule has 0 radical (unpaired) electrons. The zero-order valence-corrected chi connectivity index (χ0v) is 13.1. The second kappa shape index (κ2) is 8.13. The maximum Gasteiger partial charge on any atom is 0.241 e. The van der Waals surface area contributed by atoms with Crippen LogP contribution in [0.4, 0.5) is 4.39 Å². The minimum absolute atomic E-state index is 0.0191. The molecule has 0 heterocycles. The lowest BCUT2D eigenvalue weighted by atomic mass is 10.1. The first kappa shape index (κ1) is 17.6. The van der Waals surface area contributed by atoms with Gasteiger partial charge in [0.2, 0.25) is 10.0 Å². The fraction of sp³-hybridized carbons (Fsp3) is 0.467. The van der Waals surface area contributed by atoms with Crippen molar-refractivity contribution in [3.63, 3.8) is 0 Å². The van der Waals surface area contributed by atoms with E-state index in [0.29, 0.717) is 12.5 Å². The Kier molecular flexibility index (Phi) is 6.82. The normalized spacial score (nSPS) is 11.3. The van der Waals surface area contributed by atoms with Crippen molar-refractivity contribution in [2.75, 3.05) is 13.1 Å². The van der Waals surface area contributed by atoms with Crippen LogP contribution in [-0.2, 0) is 10.0 Å². The minimum Gasteiger partial charge on any atom is -0.320 e. The molecule has 0 bridgehead atoms. The van der Waals surface area contributed by atoms with E-state index >= 15 is 0 Å². The van der Waals surface area contributed by atoms with E-state index in [2.05, 4.69) is 30.4 Å². The van der Waals surface area contributed by atoms with Crippen LogP contribution in [0, 0.1) is 23.6 Å². The number of benzene rings is 1. The van der Waals surface area contributed by atoms with Crippen LogP contribution in [0.15, 0.2) is 23.1 Å². The molecule has 0 fully saturated rings. The molecule has 21 heavy (non-hydrogen) atoms. The second-order valence-corrected chi connectivity index (χ2v) is 6.82. The first-order valence-electron chi connectivity index (χ1n) is 6.85. The number of halogens is 1. The van der Waals surface area contributed by atoms with Gasteiger partial charge in [-0.15, -0.1) is 0 Å². The van der Waals surface area contributed by atoms with Crippen molar-refractivity contribution in [3.05, 3.63) is 29.6 Å². The predicted octanol–water partition coefficient (Wildman–Crippen LogP) is 1.85. The van der Waals surface area contributed by atoms with E-state index in [4.69, 9.17) is 5.73 Å². The molecule has 0 aliphatic rings. The van der Waals surface area contributed by atoms with E-state index in [-0.39, 0.29) is 17.0 Å². The van der Waals surface area contributed by atoms with Crippen molar-refractivity contribution >= 4 is 10.0 Å². The number of nitrogens with one attached hydrogen (secondary N) is 1. The molecule has 0 aliphatic heterocycles. The predicted molar refractivity (Wildman–Crippen MR) is 81.6 cm³/mol. The molecule has 0 amide bonds. The average Bonchev–Trinajstić information content (AvgIpc) is 2.41. The number of sulfonamides is 1. The molecule has 0 aromatic heterocycles. The fourth-order valence-electron chi connectivity index (χ4n) is 1.78. The van der Waals surface area contributed by atoms with Crippen LogP contribution in [0.2, 0.25) is 0 Å². The van der Waals surface area contributed by atoms with Gasteiger partial charge in [-0.3, -0.25) is 0 Å². The van der Waals surface area contributed by atoms with E-state index in [1.54, 1.807) is 0 Å². The third-order valence-electron chi connectivity index (χ3n) is 2.81. The molecule has 1 rings (SSSR count). The molecule has 3 N–H and O–H groups in total. The van der Waals surface area contributed by atoms with E-state index in [0.717, 1.165) is 25.0 Å². The van der Waals surface area contributed by atoms with Crippen LogP contribution in [-0.4, -0.2) is 21.5 Å². The Balaban J connectivity index is 2.92. The average molecular weight is 312 g/mol. The van der Waals surface area contributed by atoms with Crippen LogP contribution in [0.1, 0.15) is 32.3 Å². The number of rotatable bonds is 6. The molecule has 1 aromatic rings. The highest BCUT2D eigenvalue weighted by Crippen LogP contribution is 2.16. The Bertz CT molecular complexity index is 631. The lowest BCUT2D eigenvalue weighted by molar-refractivity contribution is 0.539. The maximum atomic E-state index is 13.2. The molecule has 0 aliphatic carbocycles. The third kappa shape index (κ3) is 5.84. The quantitative estimate of drug-likeness (QED) is 0.622. The Hall–Kier alpha value is -1.42. The molecular formula is C15H21FN2O2S. The van der Waals surface area contributed by atoms with E-state index in [1.807, 2.05) is 0 Å². The molecule has 0 saturated carbocycles. The topological polar surface area (TPSA) is 72.2 Å². The summed E-state index contributed by atoms with van der Waals surface area (Å²) >= 11 is 0. The van der Waals surface area contributed by atoms with Gasteiger partial charge in [-0.2, -0.15) is 0 Å². The van der Waals surface area contributed by atoms with Crippen molar-refractivity contribution in [1.29, 1.82) is 0 Å². The molecule has 4 nitrogen and oxygen atoms in total. The molecule has 116 valence electrons. The highest BCUT2D eigenvalue weighted by Gasteiger charge is 2.17. The van der Waals surface area contributed by atoms with Crippen molar-refractivity contribution in [2.45, 2.75) is 31.6 Å². The Morgan fingerprint density at radius 2 is 2.10 bits per heavy atom. The van der Waals surface area contributed by atoms with Crippen LogP contribution in [0.3, 0.4) is 0 Å². The number of hydrogen-bond donors (Lipinski definition) is 2. The van der Waals surface area contributed by atoms with Crippen molar-refractivity contribution in [2.24, 2.45) is 11.7 Å². The summed E-state index contributed by atoms with van der Waals surface area (Å²) in [6.07, 6.45) is 1.69. The molecule has 1 aromatic carbocycles. The summed E-state index contributed by atoms with van der Waals surface area (Å²) in [7, 11) is -3.70. The minimum atomic E-state index is -3.70. The van der Waals surface area contributed by atoms with Crippen molar-refractivity contribution in [1.82, 2.24) is 4.72 Å². The van der Waals surface area contributed by atoms with Crippen LogP contribution in [0.25, 0.3) is 0 Å². The van der Waals surface area contributed by atoms with Gasteiger partial charge >= 0.3 is 0 Å². The van der Waals surface area contributed by atoms with E-state index in [9.17, 15) is 12.8 Å². The molecule has 0 atom stereocenters. The van der Waals surface area contributed by atoms with E-state index in [1.165, 1.54) is 6.07 Å². The van der Waals surface area contributed by atoms with Crippen LogP contribution < -0.4 is 10.5 Å². The lowest BCUT2D eigenvalue weighted by Crippen LogP contribution is -2.25. The van der Waals surface area contributed by atoms with Gasteiger partial charge in [0.15, 0.2) is 0 Å². The summed E-state index contributed by atoms with van der Waals surface area (Å²) in [5.74, 6) is 5.13. The van der Waals surface area contributed by atoms with Gasteiger partial charge in [0.05, 0.1) is 11.4 Å². The molecule has 0 saturated heterocycles. The van der Waals surface area contributed by atoms with Crippen molar-refractivity contribution < 1.29 is 12.8 Å². The lowest BCUT2D eigenvalue weighted by Gasteiger charge is -2.09. The summed E-state index contributed by atoms with van der Waals surface area (Å²) in [5.41, 5.74) is 5.39. The highest BCUT2D eigenvalue weighted by molar-refractivity contribution is 7.89. The second-order valence-electron chi connectivity index (χ2n) is 5.08. The first-order chi connectivity index (χ1) is 9.86. The van der Waals surface area contributed by atoms with Gasteiger partial charge in [-0.05, 0) is 37.0 Å². The molecule has 6 heteroatoms. The molecular weight excluding hydrogens is 291 g/mol. The summed E-state index contributed by atoms with van der Waals surface area (Å²) in [5, 5.41) is 0. The standard InChI is InChI=1S/C15H21FN2O2S/c1-12(2)5-4-10-18-21(19,20)15-8-7-14(16)11-13(15)6-3-9-17/h7-8,11-12,18H,4-5,9-10,17H2,1-2H3. The van der Waals surface area contributed by atoms with Crippen LogP contribution in [0.5, 0.6) is 0 Å². The maximum absolute atomic E-state index is 13.2. The van der Waals surface area contributed by atoms with Gasteiger partial charge in [0, 0.05) is 12.1 Å². The van der Waals surface area contributed by atoms with Gasteiger partial charge in [0.25, 0.3) is 0 Å². The SMILES string of the molecule is CC(C)CCCNS(=O)(=O)c1ccc(F)cc1C#CCN. The summed E-state index contributed by atoms with van der Waals surface area (Å²) < 4.78 is 40.2. The molecule has 0 unspecified atom stereocenters. The highest BCUT2D eigenvalue weighted by atomic mass is 32.2. The van der Waals surface area contributed by atoms with Gasteiger partial charge < -0.3 is 5.73 Å². The number of nitrogens with two attached hydrogens (primary N) is 1. The fourth-order valence-corrected chi connectivity index (χ4v) is 2.99. The Labute approximate surface area is 126 Å². The van der Waals surface area contributed by atoms with Crippen molar-refractivity contribution in [3.8, 4) is 11.8 Å². The summed E-state index contributed by atoms with van der Waals surface area (Å²) in [6, 6.07) is 3.43. The third-order valence-corrected chi connectivity index (χ3v) is 4.33. The largest absolute Gasteiger partial charge is 0.320 e. The zero-order valence-electron chi connectivity index (χ0n) is 12.3.